The first-order chi connectivity index (χ1) is 8.66. The average Bonchev–Trinajstić information content (AvgIpc) is 2.37. The van der Waals surface area contributed by atoms with E-state index in [4.69, 9.17) is 9.84 Å². The van der Waals surface area contributed by atoms with Crippen molar-refractivity contribution in [2.75, 3.05) is 18.5 Å². The number of aryl methyl sites for hydroxylation is 1. The minimum atomic E-state index is -0.942. The van der Waals surface area contributed by atoms with Crippen molar-refractivity contribution in [1.29, 1.82) is 0 Å². The Morgan fingerprint density at radius 2 is 2.39 bits per heavy atom. The lowest BCUT2D eigenvalue weighted by Gasteiger charge is -2.23. The number of carbonyl (C=O) groups is 1. The molecule has 1 saturated heterocycles. The quantitative estimate of drug-likeness (QED) is 0.856. The van der Waals surface area contributed by atoms with Gasteiger partial charge in [0.05, 0.1) is 17.4 Å². The van der Waals surface area contributed by atoms with Crippen LogP contribution in [0.5, 0.6) is 0 Å². The number of rotatable bonds is 4. The summed E-state index contributed by atoms with van der Waals surface area (Å²) in [5, 5.41) is 12.1. The van der Waals surface area contributed by atoms with Crippen LogP contribution < -0.4 is 5.32 Å². The molecule has 0 aromatic carbocycles. The second-order valence-corrected chi connectivity index (χ2v) is 4.50. The summed E-state index contributed by atoms with van der Waals surface area (Å²) in [6.07, 6.45) is 3.65. The van der Waals surface area contributed by atoms with Crippen molar-refractivity contribution < 1.29 is 14.6 Å². The molecule has 2 N–H and O–H groups in total. The van der Waals surface area contributed by atoms with E-state index in [1.54, 1.807) is 19.1 Å². The molecule has 0 bridgehead atoms. The molecule has 1 aromatic heterocycles. The molecular weight excluding hydrogens is 232 g/mol. The number of carboxylic acids is 1. The molecule has 0 radical (unpaired) electrons. The van der Waals surface area contributed by atoms with Crippen LogP contribution in [0.15, 0.2) is 12.1 Å². The van der Waals surface area contributed by atoms with Crippen LogP contribution in [0, 0.1) is 6.92 Å². The van der Waals surface area contributed by atoms with Crippen molar-refractivity contribution in [3.05, 3.63) is 23.4 Å². The number of anilines is 1. The fourth-order valence-corrected chi connectivity index (χ4v) is 2.07. The molecule has 1 unspecified atom stereocenters. The van der Waals surface area contributed by atoms with E-state index in [0.29, 0.717) is 11.5 Å². The Hall–Kier alpha value is -1.62. The number of nitrogens with zero attached hydrogens (tertiary/aromatic N) is 1. The Morgan fingerprint density at radius 1 is 1.56 bits per heavy atom. The van der Waals surface area contributed by atoms with E-state index in [0.717, 1.165) is 26.0 Å². The minimum absolute atomic E-state index is 0.236. The smallest absolute Gasteiger partial charge is 0.337 e. The van der Waals surface area contributed by atoms with Crippen LogP contribution in [0.1, 0.15) is 35.3 Å². The van der Waals surface area contributed by atoms with Crippen LogP contribution in [-0.4, -0.2) is 35.3 Å². The molecule has 5 nitrogen and oxygen atoms in total. The molecule has 1 fully saturated rings. The van der Waals surface area contributed by atoms with Gasteiger partial charge < -0.3 is 15.2 Å². The Morgan fingerprint density at radius 3 is 3.00 bits per heavy atom. The van der Waals surface area contributed by atoms with Crippen molar-refractivity contribution in [3.8, 4) is 0 Å². The van der Waals surface area contributed by atoms with E-state index >= 15 is 0 Å². The summed E-state index contributed by atoms with van der Waals surface area (Å²) in [5.74, 6) is -0.242. The molecule has 18 heavy (non-hydrogen) atoms. The predicted molar refractivity (Wildman–Crippen MR) is 68.0 cm³/mol. The maximum atomic E-state index is 10.9. The first kappa shape index (κ1) is 12.8. The fraction of sp³-hybridized carbons (Fsp3) is 0.538. The van der Waals surface area contributed by atoms with E-state index in [2.05, 4.69) is 10.3 Å². The Labute approximate surface area is 106 Å². The third kappa shape index (κ3) is 3.20. The third-order valence-electron chi connectivity index (χ3n) is 3.10. The number of ether oxygens (including phenoxy) is 1. The van der Waals surface area contributed by atoms with Gasteiger partial charge >= 0.3 is 5.97 Å². The van der Waals surface area contributed by atoms with Gasteiger partial charge in [0, 0.05) is 13.2 Å². The van der Waals surface area contributed by atoms with Gasteiger partial charge in [0.15, 0.2) is 0 Å². The summed E-state index contributed by atoms with van der Waals surface area (Å²) in [5.41, 5.74) is 0.770. The minimum Gasteiger partial charge on any atom is -0.478 e. The number of hydrogen-bond acceptors (Lipinski definition) is 4. The summed E-state index contributed by atoms with van der Waals surface area (Å²) >= 11 is 0. The largest absolute Gasteiger partial charge is 0.478 e. The van der Waals surface area contributed by atoms with Gasteiger partial charge in [-0.3, -0.25) is 0 Å². The average molecular weight is 250 g/mol. The van der Waals surface area contributed by atoms with Crippen molar-refractivity contribution in [3.63, 3.8) is 0 Å². The summed E-state index contributed by atoms with van der Waals surface area (Å²) in [6, 6.07) is 3.27. The van der Waals surface area contributed by atoms with E-state index in [-0.39, 0.29) is 11.7 Å². The van der Waals surface area contributed by atoms with Crippen molar-refractivity contribution in [2.45, 2.75) is 32.3 Å². The van der Waals surface area contributed by atoms with Gasteiger partial charge in [-0.2, -0.15) is 0 Å². The number of nitrogens with one attached hydrogen (secondary N) is 1. The van der Waals surface area contributed by atoms with E-state index in [1.165, 1.54) is 6.42 Å². The van der Waals surface area contributed by atoms with Gasteiger partial charge in [-0.15, -0.1) is 0 Å². The molecule has 1 aliphatic rings. The van der Waals surface area contributed by atoms with Crippen LogP contribution in [-0.2, 0) is 4.74 Å². The number of hydrogen-bond donors (Lipinski definition) is 2. The number of carboxylic acid groups (broad SMARTS) is 1. The summed E-state index contributed by atoms with van der Waals surface area (Å²) < 4.78 is 5.61. The van der Waals surface area contributed by atoms with Gasteiger partial charge in [-0.25, -0.2) is 9.78 Å². The molecule has 98 valence electrons. The first-order valence-electron chi connectivity index (χ1n) is 6.23. The topological polar surface area (TPSA) is 71.5 Å². The molecule has 2 heterocycles. The van der Waals surface area contributed by atoms with Crippen LogP contribution in [0.2, 0.25) is 0 Å². The highest BCUT2D eigenvalue weighted by Crippen LogP contribution is 2.14. The van der Waals surface area contributed by atoms with Crippen LogP contribution in [0.3, 0.4) is 0 Å². The maximum absolute atomic E-state index is 10.9. The lowest BCUT2D eigenvalue weighted by molar-refractivity contribution is 0.0247. The SMILES string of the molecule is Cc1nc(NCC2CCCCO2)ccc1C(=O)O. The highest BCUT2D eigenvalue weighted by Gasteiger charge is 2.14. The molecule has 1 aliphatic heterocycles. The first-order valence-corrected chi connectivity index (χ1v) is 6.23. The molecule has 0 saturated carbocycles. The highest BCUT2D eigenvalue weighted by molar-refractivity contribution is 5.89. The molecule has 0 spiro atoms. The zero-order valence-corrected chi connectivity index (χ0v) is 10.5. The molecule has 0 aliphatic carbocycles. The van der Waals surface area contributed by atoms with E-state index in [9.17, 15) is 4.79 Å². The maximum Gasteiger partial charge on any atom is 0.337 e. The van der Waals surface area contributed by atoms with Crippen molar-refractivity contribution in [1.82, 2.24) is 4.98 Å². The summed E-state index contributed by atoms with van der Waals surface area (Å²) in [6.45, 7) is 3.25. The van der Waals surface area contributed by atoms with Crippen molar-refractivity contribution >= 4 is 11.8 Å². The molecular formula is C13H18N2O3. The highest BCUT2D eigenvalue weighted by atomic mass is 16.5. The van der Waals surface area contributed by atoms with Crippen LogP contribution in [0.25, 0.3) is 0 Å². The Bertz CT molecular complexity index is 428. The molecule has 1 aromatic rings. The lowest BCUT2D eigenvalue weighted by Crippen LogP contribution is -2.27. The zero-order chi connectivity index (χ0) is 13.0. The van der Waals surface area contributed by atoms with Gasteiger partial charge in [0.2, 0.25) is 0 Å². The number of aromatic carboxylic acids is 1. The van der Waals surface area contributed by atoms with Crippen LogP contribution >= 0.6 is 0 Å². The van der Waals surface area contributed by atoms with E-state index in [1.807, 2.05) is 0 Å². The van der Waals surface area contributed by atoms with Crippen molar-refractivity contribution in [2.24, 2.45) is 0 Å². The van der Waals surface area contributed by atoms with Crippen LogP contribution in [0.4, 0.5) is 5.82 Å². The van der Waals surface area contributed by atoms with E-state index < -0.39 is 5.97 Å². The standard InChI is InChI=1S/C13H18N2O3/c1-9-11(13(16)17)5-6-12(15-9)14-8-10-4-2-3-7-18-10/h5-6,10H,2-4,7-8H2,1H3,(H,14,15)(H,16,17). The Balaban J connectivity index is 1.93. The number of aromatic nitrogens is 1. The number of pyridine rings is 1. The Kier molecular flexibility index (Phi) is 4.15. The summed E-state index contributed by atoms with van der Waals surface area (Å²) in [7, 11) is 0. The van der Waals surface area contributed by atoms with Gasteiger partial charge in [-0.1, -0.05) is 0 Å². The molecule has 2 rings (SSSR count). The molecule has 5 heteroatoms. The normalized spacial score (nSPS) is 19.5. The molecule has 0 amide bonds. The third-order valence-corrected chi connectivity index (χ3v) is 3.10. The molecule has 1 atom stereocenters. The summed E-state index contributed by atoms with van der Waals surface area (Å²) in [4.78, 5) is 15.1. The van der Waals surface area contributed by atoms with Gasteiger partial charge in [0.25, 0.3) is 0 Å². The lowest BCUT2D eigenvalue weighted by atomic mass is 10.1. The predicted octanol–water partition coefficient (Wildman–Crippen LogP) is 2.07. The second-order valence-electron chi connectivity index (χ2n) is 4.50. The van der Waals surface area contributed by atoms with Gasteiger partial charge in [0.1, 0.15) is 5.82 Å². The van der Waals surface area contributed by atoms with Gasteiger partial charge in [-0.05, 0) is 38.3 Å². The monoisotopic (exact) mass is 250 g/mol. The fourth-order valence-electron chi connectivity index (χ4n) is 2.07. The zero-order valence-electron chi connectivity index (χ0n) is 10.5. The second kappa shape index (κ2) is 5.82.